The highest BCUT2D eigenvalue weighted by atomic mass is 16.1. The Balaban J connectivity index is 1.95. The van der Waals surface area contributed by atoms with Crippen molar-refractivity contribution in [1.82, 2.24) is 5.32 Å². The van der Waals surface area contributed by atoms with Crippen LogP contribution in [0, 0.1) is 21.7 Å². The zero-order valence-corrected chi connectivity index (χ0v) is 17.3. The van der Waals surface area contributed by atoms with E-state index < -0.39 is 0 Å². The lowest BCUT2D eigenvalue weighted by Crippen LogP contribution is -2.65. The van der Waals surface area contributed by atoms with Gasteiger partial charge in [0.25, 0.3) is 0 Å². The quantitative estimate of drug-likeness (QED) is 0.647. The molecule has 4 aliphatic carbocycles. The molecule has 0 radical (unpaired) electrons. The Hall–Kier alpha value is -1.23. The Bertz CT molecular complexity index is 550. The number of nitrogens with one attached hydrogen (secondary N) is 1. The first-order valence-electron chi connectivity index (χ1n) is 10.5. The maximum atomic E-state index is 11.7. The highest BCUT2D eigenvalue weighted by Gasteiger charge is 2.66. The van der Waals surface area contributed by atoms with E-state index in [2.05, 4.69) is 5.32 Å². The molecule has 3 N–H and O–H groups in total. The highest BCUT2D eigenvalue weighted by molar-refractivity contribution is 5.76. The molecule has 5 nitrogen and oxygen atoms in total. The number of hydrogen-bond acceptors (Lipinski definition) is 4. The molecule has 4 aliphatic rings. The number of amides is 1. The summed E-state index contributed by atoms with van der Waals surface area (Å²) < 4.78 is 0. The van der Waals surface area contributed by atoms with Crippen molar-refractivity contribution in [1.29, 1.82) is 0 Å². The van der Waals surface area contributed by atoms with Crippen LogP contribution in [0.4, 0.5) is 0 Å². The van der Waals surface area contributed by atoms with Crippen LogP contribution in [0.1, 0.15) is 85.0 Å². The van der Waals surface area contributed by atoms with Crippen molar-refractivity contribution in [3.05, 3.63) is 0 Å². The maximum absolute atomic E-state index is 11.7. The number of hydrogen-bond donors (Lipinski definition) is 2. The zero-order valence-electron chi connectivity index (χ0n) is 17.3. The number of rotatable bonds is 9. The Morgan fingerprint density at radius 2 is 1.15 bits per heavy atom. The molecule has 27 heavy (non-hydrogen) atoms. The first-order valence-corrected chi connectivity index (χ1v) is 10.5. The second-order valence-electron chi connectivity index (χ2n) is 10.6. The highest BCUT2D eigenvalue weighted by Crippen LogP contribution is 2.75. The summed E-state index contributed by atoms with van der Waals surface area (Å²) in [6.45, 7) is 6.30. The van der Waals surface area contributed by atoms with Crippen molar-refractivity contribution in [2.75, 3.05) is 13.1 Å². The molecule has 0 spiro atoms. The Morgan fingerprint density at radius 3 is 1.56 bits per heavy atom. The Morgan fingerprint density at radius 1 is 0.741 bits per heavy atom. The second kappa shape index (κ2) is 6.98. The Kier molecular flexibility index (Phi) is 5.30. The van der Waals surface area contributed by atoms with Gasteiger partial charge in [-0.15, -0.1) is 0 Å². The van der Waals surface area contributed by atoms with Crippen LogP contribution in [0.2, 0.25) is 0 Å². The number of Topliss-reactive ketones (excluding diaryl/α,β-unsaturated/α-hetero) is 2. The molecular weight excluding hydrogens is 340 g/mol. The minimum Gasteiger partial charge on any atom is -0.356 e. The third-order valence-electron chi connectivity index (χ3n) is 7.66. The normalized spacial score (nSPS) is 39.4. The van der Waals surface area contributed by atoms with E-state index in [1.165, 1.54) is 0 Å². The van der Waals surface area contributed by atoms with Crippen LogP contribution in [0.25, 0.3) is 0 Å². The summed E-state index contributed by atoms with van der Waals surface area (Å²) in [4.78, 5) is 35.1. The predicted octanol–water partition coefficient (Wildman–Crippen LogP) is 3.15. The van der Waals surface area contributed by atoms with E-state index in [1.54, 1.807) is 20.8 Å². The van der Waals surface area contributed by atoms with Crippen molar-refractivity contribution in [3.8, 4) is 0 Å². The van der Waals surface area contributed by atoms with Crippen LogP contribution in [-0.4, -0.2) is 30.6 Å². The van der Waals surface area contributed by atoms with E-state index in [4.69, 9.17) is 5.73 Å². The Labute approximate surface area is 163 Å². The van der Waals surface area contributed by atoms with Gasteiger partial charge < -0.3 is 20.6 Å². The lowest BCUT2D eigenvalue weighted by atomic mass is 9.34. The molecule has 0 aromatic rings. The van der Waals surface area contributed by atoms with Gasteiger partial charge in [0, 0.05) is 26.3 Å². The molecule has 4 fully saturated rings. The predicted molar refractivity (Wildman–Crippen MR) is 105 cm³/mol. The summed E-state index contributed by atoms with van der Waals surface area (Å²) in [6, 6.07) is 0. The molecule has 2 unspecified atom stereocenters. The molecular formula is C22H36N2O3. The smallest absolute Gasteiger partial charge is 0.216 e. The fourth-order valence-electron chi connectivity index (χ4n) is 7.65. The van der Waals surface area contributed by atoms with E-state index >= 15 is 0 Å². The van der Waals surface area contributed by atoms with E-state index in [9.17, 15) is 14.4 Å². The molecule has 0 aromatic carbocycles. The van der Waals surface area contributed by atoms with Crippen molar-refractivity contribution < 1.29 is 14.4 Å². The number of ketones is 2. The van der Waals surface area contributed by atoms with Crippen molar-refractivity contribution >= 4 is 17.5 Å². The first-order chi connectivity index (χ1) is 12.6. The van der Waals surface area contributed by atoms with Gasteiger partial charge in [0.1, 0.15) is 11.6 Å². The summed E-state index contributed by atoms with van der Waals surface area (Å²) >= 11 is 0. The van der Waals surface area contributed by atoms with Crippen LogP contribution < -0.4 is 11.1 Å². The van der Waals surface area contributed by atoms with Gasteiger partial charge in [-0.05, 0) is 93.4 Å². The minimum atomic E-state index is 0.0168. The van der Waals surface area contributed by atoms with Gasteiger partial charge in [-0.2, -0.15) is 0 Å². The lowest BCUT2D eigenvalue weighted by Gasteiger charge is -2.71. The van der Waals surface area contributed by atoms with Gasteiger partial charge in [-0.1, -0.05) is 0 Å². The molecule has 0 aliphatic heterocycles. The van der Waals surface area contributed by atoms with Crippen LogP contribution in [0.15, 0.2) is 0 Å². The monoisotopic (exact) mass is 376 g/mol. The van der Waals surface area contributed by atoms with Crippen molar-refractivity contribution in [3.63, 3.8) is 0 Å². The number of carbonyl (C=O) groups excluding carboxylic acids is 3. The summed E-state index contributed by atoms with van der Waals surface area (Å²) in [5.74, 6) is 0.519. The topological polar surface area (TPSA) is 89.3 Å². The number of nitrogens with two attached hydrogens (primary N) is 1. The molecule has 4 saturated carbocycles. The fourth-order valence-corrected chi connectivity index (χ4v) is 7.65. The van der Waals surface area contributed by atoms with E-state index in [1.807, 2.05) is 0 Å². The largest absolute Gasteiger partial charge is 0.356 e. The van der Waals surface area contributed by atoms with Gasteiger partial charge in [0.2, 0.25) is 5.91 Å². The lowest BCUT2D eigenvalue weighted by molar-refractivity contribution is -0.202. The van der Waals surface area contributed by atoms with E-state index in [0.717, 1.165) is 51.4 Å². The zero-order chi connectivity index (χ0) is 19.9. The first kappa shape index (κ1) is 20.5. The van der Waals surface area contributed by atoms with Crippen molar-refractivity contribution in [2.45, 2.75) is 85.0 Å². The summed E-state index contributed by atoms with van der Waals surface area (Å²) in [5, 5.41) is 3.09. The average molecular weight is 377 g/mol. The number of carbonyl (C=O) groups is 3. The molecule has 0 heterocycles. The molecule has 0 aromatic heterocycles. The summed E-state index contributed by atoms with van der Waals surface area (Å²) in [7, 11) is 0. The third-order valence-corrected chi connectivity index (χ3v) is 7.66. The van der Waals surface area contributed by atoms with Gasteiger partial charge in [0.15, 0.2) is 0 Å². The van der Waals surface area contributed by atoms with Crippen LogP contribution in [-0.2, 0) is 14.4 Å². The van der Waals surface area contributed by atoms with Gasteiger partial charge in [-0.25, -0.2) is 0 Å². The van der Waals surface area contributed by atoms with Gasteiger partial charge >= 0.3 is 0 Å². The van der Waals surface area contributed by atoms with E-state index in [0.29, 0.717) is 25.9 Å². The van der Waals surface area contributed by atoms with Crippen molar-refractivity contribution in [2.24, 2.45) is 27.4 Å². The molecule has 1 amide bonds. The molecule has 4 atom stereocenters. The molecule has 0 saturated heterocycles. The van der Waals surface area contributed by atoms with Crippen LogP contribution >= 0.6 is 0 Å². The average Bonchev–Trinajstić information content (AvgIpc) is 2.56. The molecule has 152 valence electrons. The standard InChI is InChI=1S/C22H36N2O3/c1-16(25)4-6-19-8-20(7-5-17(2)26)10-21(9-19,14-23)13-22(11-19,12-20)15-24-18(3)27/h4-15,23H2,1-3H3,(H,24,27)/t19-,20+,21?,22?. The molecule has 4 bridgehead atoms. The second-order valence-corrected chi connectivity index (χ2v) is 10.6. The molecule has 4 rings (SSSR count). The van der Waals surface area contributed by atoms with Crippen LogP contribution in [0.5, 0.6) is 0 Å². The van der Waals surface area contributed by atoms with Gasteiger partial charge in [-0.3, -0.25) is 4.79 Å². The summed E-state index contributed by atoms with van der Waals surface area (Å²) in [5.41, 5.74) is 6.78. The maximum Gasteiger partial charge on any atom is 0.216 e. The third kappa shape index (κ3) is 4.13. The fraction of sp³-hybridized carbons (Fsp3) is 0.864. The minimum absolute atomic E-state index is 0.0168. The van der Waals surface area contributed by atoms with E-state index in [-0.39, 0.29) is 39.1 Å². The SMILES string of the molecule is CC(=O)CC[C@]12CC3(CN)CC(CNC(C)=O)(C1)C[C@@](CCC(C)=O)(C3)C2. The summed E-state index contributed by atoms with van der Waals surface area (Å²) in [6.07, 6.45) is 9.65. The van der Waals surface area contributed by atoms with Gasteiger partial charge in [0.05, 0.1) is 0 Å². The van der Waals surface area contributed by atoms with Crippen LogP contribution in [0.3, 0.4) is 0 Å². The molecule has 5 heteroatoms.